The number of anilines is 1. The summed E-state index contributed by atoms with van der Waals surface area (Å²) >= 11 is 0. The van der Waals surface area contributed by atoms with Crippen LogP contribution >= 0.6 is 0 Å². The Labute approximate surface area is 228 Å². The van der Waals surface area contributed by atoms with Crippen LogP contribution in [0.1, 0.15) is 64.4 Å². The van der Waals surface area contributed by atoms with Crippen LogP contribution < -0.4 is 5.06 Å². The summed E-state index contributed by atoms with van der Waals surface area (Å²) in [5.41, 5.74) is -0.822. The Hall–Kier alpha value is -2.35. The highest BCUT2D eigenvalue weighted by atomic mass is 19.1. The Morgan fingerprint density at radius 1 is 1.21 bits per heavy atom. The van der Waals surface area contributed by atoms with Crippen molar-refractivity contribution < 1.29 is 29.0 Å². The number of Topliss-reactive ketones (excluding diaryl/α,β-unsaturated/α-hetero) is 1. The summed E-state index contributed by atoms with van der Waals surface area (Å²) in [6.07, 6.45) is 6.07. The van der Waals surface area contributed by atoms with Crippen molar-refractivity contribution in [2.75, 3.05) is 18.2 Å². The van der Waals surface area contributed by atoms with Crippen LogP contribution in [0.2, 0.25) is 0 Å². The third kappa shape index (κ3) is 3.13. The number of carbonyl (C=O) groups is 2. The van der Waals surface area contributed by atoms with E-state index < -0.39 is 40.7 Å². The number of ketones is 2. The van der Waals surface area contributed by atoms with Gasteiger partial charge in [0.2, 0.25) is 0 Å². The van der Waals surface area contributed by atoms with E-state index in [1.54, 1.807) is 6.08 Å². The van der Waals surface area contributed by atoms with Crippen LogP contribution in [0.3, 0.4) is 0 Å². The van der Waals surface area contributed by atoms with Gasteiger partial charge in [-0.2, -0.15) is 0 Å². The van der Waals surface area contributed by atoms with E-state index in [1.165, 1.54) is 30.6 Å². The van der Waals surface area contributed by atoms with E-state index in [0.717, 1.165) is 5.69 Å². The summed E-state index contributed by atoms with van der Waals surface area (Å²) < 4.78 is 15.9. The maximum absolute atomic E-state index is 15.9. The molecule has 0 aromatic heterocycles. The van der Waals surface area contributed by atoms with Gasteiger partial charge in [0.15, 0.2) is 17.2 Å². The predicted molar refractivity (Wildman–Crippen MR) is 143 cm³/mol. The first-order valence-electron chi connectivity index (χ1n) is 14.5. The summed E-state index contributed by atoms with van der Waals surface area (Å²) in [6.45, 7) is 5.95. The number of alkyl halides is 1. The lowest BCUT2D eigenvalue weighted by Crippen LogP contribution is -2.67. The zero-order chi connectivity index (χ0) is 27.5. The van der Waals surface area contributed by atoms with Gasteiger partial charge in [-0.1, -0.05) is 39.0 Å². The van der Waals surface area contributed by atoms with Crippen molar-refractivity contribution >= 4 is 17.3 Å². The molecule has 1 heterocycles. The van der Waals surface area contributed by atoms with E-state index in [-0.39, 0.29) is 35.7 Å². The lowest BCUT2D eigenvalue weighted by Gasteiger charge is -2.64. The van der Waals surface area contributed by atoms with Crippen LogP contribution in [0, 0.1) is 34.0 Å². The molecule has 9 atom stereocenters. The maximum Gasteiger partial charge on any atom is 0.193 e. The molecule has 9 unspecified atom stereocenters. The van der Waals surface area contributed by atoms with Crippen LogP contribution in [0.5, 0.6) is 0 Å². The molecule has 0 radical (unpaired) electrons. The molecule has 6 aliphatic rings. The highest BCUT2D eigenvalue weighted by Crippen LogP contribution is 2.76. The standard InChI is InChI=1S/C32H38FNO5/c1-29-10-9-22(36)12-23(29)25(33)13-24-28(29)26(37)15-31(3)30(24,2)14-20-16-34(39-32(20,31)27(38)17-35)21-6-4-5-19(11-21)18-7-8-18/h4-6,9-12,18,20,24-26,28,35,37H,7-8,13-17H2,1-3H3. The average molecular weight is 536 g/mol. The highest BCUT2D eigenvalue weighted by molar-refractivity contribution is 6.01. The molecule has 5 aliphatic carbocycles. The molecule has 4 saturated carbocycles. The van der Waals surface area contributed by atoms with Gasteiger partial charge < -0.3 is 10.2 Å². The predicted octanol–water partition coefficient (Wildman–Crippen LogP) is 4.46. The van der Waals surface area contributed by atoms with Crippen LogP contribution in [-0.4, -0.2) is 52.8 Å². The van der Waals surface area contributed by atoms with Crippen molar-refractivity contribution in [2.45, 2.75) is 76.7 Å². The van der Waals surface area contributed by atoms with Gasteiger partial charge in [0.25, 0.3) is 0 Å². The number of fused-ring (bicyclic) bond motifs is 7. The second kappa shape index (κ2) is 8.11. The largest absolute Gasteiger partial charge is 0.393 e. The number of hydrogen-bond donors (Lipinski definition) is 2. The number of benzene rings is 1. The third-order valence-corrected chi connectivity index (χ3v) is 12.0. The monoisotopic (exact) mass is 535 g/mol. The van der Waals surface area contributed by atoms with Gasteiger partial charge in [-0.05, 0) is 84.8 Å². The number of carbonyl (C=O) groups excluding carboxylic acids is 2. The Bertz CT molecular complexity index is 1320. The zero-order valence-electron chi connectivity index (χ0n) is 22.9. The Morgan fingerprint density at radius 3 is 2.69 bits per heavy atom. The van der Waals surface area contributed by atoms with Gasteiger partial charge in [-0.25, -0.2) is 4.39 Å². The van der Waals surface area contributed by atoms with Gasteiger partial charge in [-0.3, -0.25) is 19.5 Å². The molecule has 7 heteroatoms. The minimum Gasteiger partial charge on any atom is -0.393 e. The van der Waals surface area contributed by atoms with Crippen molar-refractivity contribution in [1.29, 1.82) is 0 Å². The molecule has 6 nitrogen and oxygen atoms in total. The molecule has 208 valence electrons. The van der Waals surface area contributed by atoms with Crippen molar-refractivity contribution in [3.05, 3.63) is 53.6 Å². The molecule has 39 heavy (non-hydrogen) atoms. The fraction of sp³-hybridized carbons (Fsp3) is 0.625. The number of hydrogen-bond acceptors (Lipinski definition) is 6. The summed E-state index contributed by atoms with van der Waals surface area (Å²) in [7, 11) is 0. The minimum atomic E-state index is -1.32. The van der Waals surface area contributed by atoms with Crippen LogP contribution in [0.4, 0.5) is 10.1 Å². The van der Waals surface area contributed by atoms with Crippen molar-refractivity contribution in [2.24, 2.45) is 34.0 Å². The molecule has 2 N–H and O–H groups in total. The summed E-state index contributed by atoms with van der Waals surface area (Å²) in [5, 5.41) is 23.9. The normalized spacial score (nSPS) is 46.3. The molecule has 0 bridgehead atoms. The number of aliphatic hydroxyl groups is 2. The molecule has 0 spiro atoms. The minimum absolute atomic E-state index is 0.194. The molecule has 1 aromatic carbocycles. The van der Waals surface area contributed by atoms with E-state index in [2.05, 4.69) is 19.1 Å². The highest BCUT2D eigenvalue weighted by Gasteiger charge is 2.79. The van der Waals surface area contributed by atoms with Gasteiger partial charge in [0.1, 0.15) is 12.8 Å². The molecule has 5 fully saturated rings. The summed E-state index contributed by atoms with van der Waals surface area (Å²) in [5.74, 6) is -0.736. The molecule has 0 amide bonds. The van der Waals surface area contributed by atoms with Crippen LogP contribution in [0.15, 0.2) is 48.1 Å². The number of halogens is 1. The van der Waals surface area contributed by atoms with Gasteiger partial charge >= 0.3 is 0 Å². The van der Waals surface area contributed by atoms with Crippen LogP contribution in [-0.2, 0) is 14.4 Å². The quantitative estimate of drug-likeness (QED) is 0.592. The maximum atomic E-state index is 15.9. The molecule has 1 saturated heterocycles. The van der Waals surface area contributed by atoms with E-state index >= 15 is 4.39 Å². The van der Waals surface area contributed by atoms with Crippen molar-refractivity contribution in [1.82, 2.24) is 0 Å². The second-order valence-corrected chi connectivity index (χ2v) is 13.7. The Balaban J connectivity index is 1.31. The van der Waals surface area contributed by atoms with Crippen molar-refractivity contribution in [3.63, 3.8) is 0 Å². The number of nitrogens with zero attached hydrogens (tertiary/aromatic N) is 1. The van der Waals surface area contributed by atoms with Gasteiger partial charge in [0.05, 0.1) is 18.3 Å². The first kappa shape index (κ1) is 25.6. The van der Waals surface area contributed by atoms with E-state index in [4.69, 9.17) is 4.84 Å². The first-order valence-corrected chi connectivity index (χ1v) is 14.5. The first-order chi connectivity index (χ1) is 18.5. The SMILES string of the molecule is CC12C=CC(=O)C=C1C(F)CC1C2C(O)CC2(C)C1(C)CC1CN(c3cccc(C4CC4)c3)OC12C(=O)CO. The third-order valence-electron chi connectivity index (χ3n) is 12.0. The second-order valence-electron chi connectivity index (χ2n) is 13.7. The van der Waals surface area contributed by atoms with Gasteiger partial charge in [-0.15, -0.1) is 0 Å². The molecule has 1 aliphatic heterocycles. The van der Waals surface area contributed by atoms with Gasteiger partial charge in [0, 0.05) is 22.7 Å². The average Bonchev–Trinajstić information content (AvgIpc) is 3.65. The summed E-state index contributed by atoms with van der Waals surface area (Å²) in [4.78, 5) is 32.7. The fourth-order valence-electron chi connectivity index (χ4n) is 9.92. The summed E-state index contributed by atoms with van der Waals surface area (Å²) in [6, 6.07) is 8.30. The molecular weight excluding hydrogens is 497 g/mol. The van der Waals surface area contributed by atoms with Crippen molar-refractivity contribution in [3.8, 4) is 0 Å². The Kier molecular flexibility index (Phi) is 5.32. The topological polar surface area (TPSA) is 87.1 Å². The molecular formula is C32H38FNO5. The lowest BCUT2D eigenvalue weighted by molar-refractivity contribution is -0.216. The number of allylic oxidation sites excluding steroid dienone is 4. The zero-order valence-corrected chi connectivity index (χ0v) is 22.9. The smallest absolute Gasteiger partial charge is 0.193 e. The van der Waals surface area contributed by atoms with Crippen LogP contribution in [0.25, 0.3) is 0 Å². The fourth-order valence-corrected chi connectivity index (χ4v) is 9.92. The van der Waals surface area contributed by atoms with E-state index in [1.807, 2.05) is 31.0 Å². The van der Waals surface area contributed by atoms with E-state index in [9.17, 15) is 19.8 Å². The number of hydroxylamine groups is 1. The molecule has 1 aromatic rings. The number of rotatable bonds is 4. The Morgan fingerprint density at radius 2 is 1.97 bits per heavy atom. The lowest BCUT2D eigenvalue weighted by atomic mass is 9.41. The number of aliphatic hydroxyl groups excluding tert-OH is 2. The van der Waals surface area contributed by atoms with E-state index in [0.29, 0.717) is 30.9 Å². The molecule has 7 rings (SSSR count).